The van der Waals surface area contributed by atoms with Gasteiger partial charge in [-0.2, -0.15) is 17.5 Å². The first kappa shape index (κ1) is 23.4. The first-order chi connectivity index (χ1) is 15.5. The van der Waals surface area contributed by atoms with Crippen LogP contribution in [0.3, 0.4) is 0 Å². The lowest BCUT2D eigenvalue weighted by molar-refractivity contribution is -0.137. The summed E-state index contributed by atoms with van der Waals surface area (Å²) in [6, 6.07) is 10.3. The van der Waals surface area contributed by atoms with Gasteiger partial charge >= 0.3 is 6.18 Å². The van der Waals surface area contributed by atoms with Gasteiger partial charge in [0.1, 0.15) is 5.82 Å². The van der Waals surface area contributed by atoms with E-state index in [9.17, 15) is 26.0 Å². The number of nitrogens with one attached hydrogen (secondary N) is 1. The molecule has 3 aromatic rings. The molecule has 1 saturated heterocycles. The molecule has 4 rings (SSSR count). The minimum atomic E-state index is -4.41. The van der Waals surface area contributed by atoms with Crippen molar-refractivity contribution in [1.29, 1.82) is 0 Å². The van der Waals surface area contributed by atoms with Crippen LogP contribution in [-0.4, -0.2) is 41.4 Å². The molecule has 1 aliphatic rings. The van der Waals surface area contributed by atoms with Gasteiger partial charge in [-0.05, 0) is 35.4 Å². The highest BCUT2D eigenvalue weighted by molar-refractivity contribution is 7.89. The van der Waals surface area contributed by atoms with Crippen LogP contribution in [0.4, 0.5) is 17.6 Å². The monoisotopic (exact) mass is 482 g/mol. The van der Waals surface area contributed by atoms with E-state index in [0.717, 1.165) is 17.7 Å². The Morgan fingerprint density at radius 1 is 1.06 bits per heavy atom. The van der Waals surface area contributed by atoms with Gasteiger partial charge in [0.05, 0.1) is 11.9 Å². The lowest BCUT2D eigenvalue weighted by Gasteiger charge is -2.20. The second kappa shape index (κ2) is 8.88. The van der Waals surface area contributed by atoms with Crippen LogP contribution in [0.1, 0.15) is 22.6 Å². The Morgan fingerprint density at radius 2 is 1.73 bits per heavy atom. The third kappa shape index (κ3) is 5.10. The molecule has 1 fully saturated rings. The number of rotatable bonds is 6. The number of nitrogens with zero attached hydrogens (tertiary/aromatic N) is 3. The van der Waals surface area contributed by atoms with E-state index in [1.54, 1.807) is 23.7 Å². The highest BCUT2D eigenvalue weighted by atomic mass is 32.2. The SMILES string of the molecule is Cn1cnc(S(=O)(=O)N2C[C@H](NCc3ccc(C(F)(F)F)cc3)[C@@H](c3ccc(F)cc3)C2)c1. The molecule has 0 radical (unpaired) electrons. The molecule has 11 heteroatoms. The van der Waals surface area contributed by atoms with Gasteiger partial charge < -0.3 is 9.88 Å². The van der Waals surface area contributed by atoms with Crippen LogP contribution < -0.4 is 5.32 Å². The van der Waals surface area contributed by atoms with Crippen LogP contribution in [0, 0.1) is 5.82 Å². The number of aryl methyl sites for hydroxylation is 1. The van der Waals surface area contributed by atoms with Crippen molar-refractivity contribution in [3.05, 3.63) is 83.6 Å². The smallest absolute Gasteiger partial charge is 0.339 e. The molecular weight excluding hydrogens is 460 g/mol. The van der Waals surface area contributed by atoms with Gasteiger partial charge in [-0.3, -0.25) is 0 Å². The van der Waals surface area contributed by atoms with Crippen molar-refractivity contribution in [2.24, 2.45) is 7.05 Å². The molecule has 2 aromatic carbocycles. The summed E-state index contributed by atoms with van der Waals surface area (Å²) in [6.45, 7) is 0.550. The molecule has 6 nitrogen and oxygen atoms in total. The van der Waals surface area contributed by atoms with Crippen molar-refractivity contribution in [3.8, 4) is 0 Å². The fourth-order valence-corrected chi connectivity index (χ4v) is 5.39. The Balaban J connectivity index is 1.55. The maximum absolute atomic E-state index is 13.4. The van der Waals surface area contributed by atoms with Crippen LogP contribution in [0.2, 0.25) is 0 Å². The number of hydrogen-bond donors (Lipinski definition) is 1. The zero-order chi connectivity index (χ0) is 23.8. The fourth-order valence-electron chi connectivity index (χ4n) is 3.93. The maximum Gasteiger partial charge on any atom is 0.416 e. The maximum atomic E-state index is 13.4. The Bertz CT molecular complexity index is 1210. The first-order valence-electron chi connectivity index (χ1n) is 10.2. The molecule has 1 aromatic heterocycles. The molecule has 2 heterocycles. The van der Waals surface area contributed by atoms with Crippen LogP contribution in [0.15, 0.2) is 66.1 Å². The van der Waals surface area contributed by atoms with Crippen molar-refractivity contribution in [3.63, 3.8) is 0 Å². The van der Waals surface area contributed by atoms with E-state index in [4.69, 9.17) is 0 Å². The Morgan fingerprint density at radius 3 is 2.30 bits per heavy atom. The van der Waals surface area contributed by atoms with E-state index in [1.165, 1.54) is 41.1 Å². The highest BCUT2D eigenvalue weighted by Gasteiger charge is 2.40. The van der Waals surface area contributed by atoms with Gasteiger partial charge in [-0.15, -0.1) is 0 Å². The zero-order valence-electron chi connectivity index (χ0n) is 17.6. The van der Waals surface area contributed by atoms with Gasteiger partial charge in [-0.1, -0.05) is 24.3 Å². The minimum absolute atomic E-state index is 0.0637. The number of sulfonamides is 1. The second-order valence-corrected chi connectivity index (χ2v) is 9.92. The summed E-state index contributed by atoms with van der Waals surface area (Å²) in [5.41, 5.74) is 0.663. The summed E-state index contributed by atoms with van der Waals surface area (Å²) in [5.74, 6) is -0.678. The molecule has 0 aliphatic carbocycles. The molecule has 0 spiro atoms. The lowest BCUT2D eigenvalue weighted by Crippen LogP contribution is -2.36. The quantitative estimate of drug-likeness (QED) is 0.546. The van der Waals surface area contributed by atoms with E-state index in [1.807, 2.05) is 0 Å². The van der Waals surface area contributed by atoms with E-state index in [2.05, 4.69) is 10.3 Å². The van der Waals surface area contributed by atoms with E-state index >= 15 is 0 Å². The molecule has 0 amide bonds. The molecule has 0 saturated carbocycles. The van der Waals surface area contributed by atoms with Gasteiger partial charge in [0.15, 0.2) is 5.03 Å². The summed E-state index contributed by atoms with van der Waals surface area (Å²) in [5, 5.41) is 3.21. The summed E-state index contributed by atoms with van der Waals surface area (Å²) in [6.07, 6.45) is -1.59. The van der Waals surface area contributed by atoms with Gasteiger partial charge in [0, 0.05) is 44.8 Å². The number of halogens is 4. The Hall–Kier alpha value is -2.76. The predicted octanol–water partition coefficient (Wildman–Crippen LogP) is 3.52. The summed E-state index contributed by atoms with van der Waals surface area (Å²) < 4.78 is 80.9. The zero-order valence-corrected chi connectivity index (χ0v) is 18.4. The van der Waals surface area contributed by atoms with Crippen LogP contribution in [0.5, 0.6) is 0 Å². The third-order valence-corrected chi connectivity index (χ3v) is 7.44. The number of alkyl halides is 3. The molecule has 176 valence electrons. The first-order valence-corrected chi connectivity index (χ1v) is 11.6. The van der Waals surface area contributed by atoms with Crippen molar-refractivity contribution in [1.82, 2.24) is 19.2 Å². The van der Waals surface area contributed by atoms with Gasteiger partial charge in [0.25, 0.3) is 10.0 Å². The highest BCUT2D eigenvalue weighted by Crippen LogP contribution is 2.32. The fraction of sp³-hybridized carbons (Fsp3) is 0.318. The van der Waals surface area contributed by atoms with E-state index in [-0.39, 0.29) is 36.6 Å². The molecule has 0 bridgehead atoms. The van der Waals surface area contributed by atoms with Gasteiger partial charge in [0.2, 0.25) is 0 Å². The Kier molecular flexibility index (Phi) is 6.30. The summed E-state index contributed by atoms with van der Waals surface area (Å²) in [4.78, 5) is 3.96. The number of benzene rings is 2. The number of aromatic nitrogens is 2. The van der Waals surface area contributed by atoms with Crippen molar-refractivity contribution in [2.45, 2.75) is 29.7 Å². The largest absolute Gasteiger partial charge is 0.416 e. The molecule has 2 atom stereocenters. The number of imidazole rings is 1. The lowest BCUT2D eigenvalue weighted by atomic mass is 9.94. The molecule has 33 heavy (non-hydrogen) atoms. The molecular formula is C22H22F4N4O2S. The van der Waals surface area contributed by atoms with Crippen LogP contribution in [-0.2, 0) is 29.8 Å². The van der Waals surface area contributed by atoms with Crippen molar-refractivity contribution in [2.75, 3.05) is 13.1 Å². The number of hydrogen-bond acceptors (Lipinski definition) is 4. The topological polar surface area (TPSA) is 67.2 Å². The van der Waals surface area contributed by atoms with E-state index in [0.29, 0.717) is 5.56 Å². The standard InChI is InChI=1S/C22H22F4N4O2S/c1-29-13-21(28-14-29)33(31,32)30-11-19(16-4-8-18(23)9-5-16)20(12-30)27-10-15-2-6-17(7-3-15)22(24,25)26/h2-9,13-14,19-20,27H,10-12H2,1H3/t19-,20+/m1/s1. The van der Waals surface area contributed by atoms with Crippen LogP contribution in [0.25, 0.3) is 0 Å². The molecule has 1 aliphatic heterocycles. The van der Waals surface area contributed by atoms with Crippen LogP contribution >= 0.6 is 0 Å². The predicted molar refractivity (Wildman–Crippen MR) is 113 cm³/mol. The average molecular weight is 483 g/mol. The van der Waals surface area contributed by atoms with Gasteiger partial charge in [-0.25, -0.2) is 17.8 Å². The summed E-state index contributed by atoms with van der Waals surface area (Å²) in [7, 11) is -2.17. The molecule has 0 unspecified atom stereocenters. The van der Waals surface area contributed by atoms with Crippen molar-refractivity contribution >= 4 is 10.0 Å². The minimum Gasteiger partial charge on any atom is -0.339 e. The third-order valence-electron chi connectivity index (χ3n) is 5.72. The second-order valence-electron chi connectivity index (χ2n) is 8.04. The van der Waals surface area contributed by atoms with E-state index < -0.39 is 27.6 Å². The Labute approximate surface area is 188 Å². The molecule has 1 N–H and O–H groups in total. The normalized spacial score (nSPS) is 19.8. The summed E-state index contributed by atoms with van der Waals surface area (Å²) >= 11 is 0. The average Bonchev–Trinajstić information content (AvgIpc) is 3.40. The van der Waals surface area contributed by atoms with Crippen molar-refractivity contribution < 1.29 is 26.0 Å².